The number of carbonyl (C=O) groups is 1. The van der Waals surface area contributed by atoms with Gasteiger partial charge in [0.2, 0.25) is 15.9 Å². The number of rotatable bonds is 6. The number of amides is 1. The van der Waals surface area contributed by atoms with Crippen molar-refractivity contribution >= 4 is 21.6 Å². The predicted octanol–water partition coefficient (Wildman–Crippen LogP) is 4.21. The van der Waals surface area contributed by atoms with E-state index in [0.717, 1.165) is 53.9 Å². The minimum Gasteiger partial charge on any atom is -0.322 e. The number of anilines is 1. The molecule has 1 aliphatic carbocycles. The highest BCUT2D eigenvalue weighted by molar-refractivity contribution is 7.89. The number of nitrogens with one attached hydrogen (secondary N) is 1. The zero-order valence-electron chi connectivity index (χ0n) is 15.9. The Hall–Kier alpha value is -2.46. The van der Waals surface area contributed by atoms with Crippen LogP contribution in [0.3, 0.4) is 0 Å². The summed E-state index contributed by atoms with van der Waals surface area (Å²) in [5.41, 5.74) is -0.596. The maximum absolute atomic E-state index is 13.9. The Morgan fingerprint density at radius 1 is 0.933 bits per heavy atom. The molecule has 0 bridgehead atoms. The van der Waals surface area contributed by atoms with Gasteiger partial charge in [-0.3, -0.25) is 4.79 Å². The Kier molecular flexibility index (Phi) is 6.77. The summed E-state index contributed by atoms with van der Waals surface area (Å²) in [6.45, 7) is -0.650. The summed E-state index contributed by atoms with van der Waals surface area (Å²) < 4.78 is 80.8. The summed E-state index contributed by atoms with van der Waals surface area (Å²) in [5.74, 6) is -6.24. The molecule has 1 aliphatic rings. The lowest BCUT2D eigenvalue weighted by Crippen LogP contribution is -2.45. The number of halogens is 4. The summed E-state index contributed by atoms with van der Waals surface area (Å²) >= 11 is 0. The Morgan fingerprint density at radius 2 is 1.57 bits per heavy atom. The van der Waals surface area contributed by atoms with Crippen LogP contribution in [0.2, 0.25) is 0 Å². The molecule has 0 heterocycles. The largest absolute Gasteiger partial charge is 0.322 e. The molecule has 0 atom stereocenters. The van der Waals surface area contributed by atoms with Gasteiger partial charge in [-0.1, -0.05) is 19.3 Å². The van der Waals surface area contributed by atoms with Gasteiger partial charge in [0.05, 0.1) is 17.1 Å². The van der Waals surface area contributed by atoms with Gasteiger partial charge in [-0.2, -0.15) is 4.31 Å². The minimum atomic E-state index is -4.15. The van der Waals surface area contributed by atoms with E-state index in [4.69, 9.17) is 0 Å². The first-order chi connectivity index (χ1) is 14.2. The van der Waals surface area contributed by atoms with Crippen LogP contribution in [0.4, 0.5) is 23.2 Å². The lowest BCUT2D eigenvalue weighted by molar-refractivity contribution is -0.116. The predicted molar refractivity (Wildman–Crippen MR) is 102 cm³/mol. The lowest BCUT2D eigenvalue weighted by atomic mass is 9.95. The van der Waals surface area contributed by atoms with Crippen LogP contribution in [0.25, 0.3) is 0 Å². The Morgan fingerprint density at radius 3 is 2.20 bits per heavy atom. The highest BCUT2D eigenvalue weighted by Gasteiger charge is 2.34. The van der Waals surface area contributed by atoms with Gasteiger partial charge in [-0.15, -0.1) is 0 Å². The molecule has 5 nitrogen and oxygen atoms in total. The third-order valence-corrected chi connectivity index (χ3v) is 6.92. The fourth-order valence-corrected chi connectivity index (χ4v) is 5.12. The van der Waals surface area contributed by atoms with Crippen molar-refractivity contribution in [1.29, 1.82) is 0 Å². The molecule has 0 radical (unpaired) electrons. The Labute approximate surface area is 171 Å². The van der Waals surface area contributed by atoms with E-state index in [1.54, 1.807) is 0 Å². The summed E-state index contributed by atoms with van der Waals surface area (Å²) in [7, 11) is -4.15. The Balaban J connectivity index is 1.86. The van der Waals surface area contributed by atoms with Crippen LogP contribution >= 0.6 is 0 Å². The van der Waals surface area contributed by atoms with E-state index in [0.29, 0.717) is 18.9 Å². The maximum atomic E-state index is 13.9. The number of sulfonamides is 1. The average molecular weight is 444 g/mol. The maximum Gasteiger partial charge on any atom is 0.243 e. The van der Waals surface area contributed by atoms with Gasteiger partial charge in [0, 0.05) is 6.04 Å². The van der Waals surface area contributed by atoms with Crippen LogP contribution < -0.4 is 5.32 Å². The highest BCUT2D eigenvalue weighted by Crippen LogP contribution is 2.28. The number of benzene rings is 2. The van der Waals surface area contributed by atoms with Crippen LogP contribution in [0.1, 0.15) is 32.1 Å². The number of nitrogens with zero attached hydrogens (tertiary/aromatic N) is 1. The van der Waals surface area contributed by atoms with Crippen molar-refractivity contribution in [3.63, 3.8) is 0 Å². The quantitative estimate of drug-likeness (QED) is 0.536. The van der Waals surface area contributed by atoms with E-state index in [1.165, 1.54) is 0 Å². The van der Waals surface area contributed by atoms with Crippen LogP contribution in [0, 0.1) is 23.3 Å². The van der Waals surface area contributed by atoms with E-state index in [-0.39, 0.29) is 4.90 Å². The smallest absolute Gasteiger partial charge is 0.243 e. The fraction of sp³-hybridized carbons (Fsp3) is 0.350. The van der Waals surface area contributed by atoms with Crippen LogP contribution in [-0.2, 0) is 14.8 Å². The van der Waals surface area contributed by atoms with Crippen molar-refractivity contribution in [3.05, 3.63) is 59.7 Å². The van der Waals surface area contributed by atoms with Crippen molar-refractivity contribution in [2.24, 2.45) is 0 Å². The SMILES string of the molecule is O=C(CN(C1CCCCC1)S(=O)(=O)c1ccc(F)cc1)Nc1ccc(F)c(F)c1F. The van der Waals surface area contributed by atoms with E-state index in [9.17, 15) is 30.8 Å². The van der Waals surface area contributed by atoms with Crippen molar-refractivity contribution in [2.45, 2.75) is 43.0 Å². The molecule has 0 aromatic heterocycles. The van der Waals surface area contributed by atoms with Gasteiger partial charge in [0.15, 0.2) is 17.5 Å². The van der Waals surface area contributed by atoms with Gasteiger partial charge < -0.3 is 5.32 Å². The highest BCUT2D eigenvalue weighted by atomic mass is 32.2. The zero-order chi connectivity index (χ0) is 21.9. The molecule has 2 aromatic carbocycles. The van der Waals surface area contributed by atoms with Crippen LogP contribution in [0.15, 0.2) is 41.3 Å². The molecule has 30 heavy (non-hydrogen) atoms. The van der Waals surface area contributed by atoms with Crippen molar-refractivity contribution in [1.82, 2.24) is 4.31 Å². The molecule has 1 amide bonds. The lowest BCUT2D eigenvalue weighted by Gasteiger charge is -2.33. The summed E-state index contributed by atoms with van der Waals surface area (Å²) in [6.07, 6.45) is 3.56. The molecule has 0 spiro atoms. The molecule has 0 aliphatic heterocycles. The third kappa shape index (κ3) is 4.81. The molecule has 1 saturated carbocycles. The summed E-state index contributed by atoms with van der Waals surface area (Å²) in [5, 5.41) is 2.09. The van der Waals surface area contributed by atoms with Crippen molar-refractivity contribution in [2.75, 3.05) is 11.9 Å². The molecule has 0 saturated heterocycles. The van der Waals surface area contributed by atoms with E-state index >= 15 is 0 Å². The molecule has 1 fully saturated rings. The second-order valence-corrected chi connectivity index (χ2v) is 8.96. The Bertz CT molecular complexity index is 1020. The first-order valence-electron chi connectivity index (χ1n) is 9.41. The van der Waals surface area contributed by atoms with E-state index in [1.807, 2.05) is 0 Å². The van der Waals surface area contributed by atoms with Gasteiger partial charge in [0.1, 0.15) is 5.82 Å². The van der Waals surface area contributed by atoms with Gasteiger partial charge in [-0.25, -0.2) is 26.0 Å². The standard InChI is InChI=1S/C20H20F4N2O3S/c21-13-6-8-15(9-7-13)30(28,29)26(14-4-2-1-3-5-14)12-18(27)25-17-11-10-16(22)19(23)20(17)24/h6-11,14H,1-5,12H2,(H,25,27). The summed E-state index contributed by atoms with van der Waals surface area (Å²) in [4.78, 5) is 12.3. The molecule has 3 rings (SSSR count). The first kappa shape index (κ1) is 22.2. The zero-order valence-corrected chi connectivity index (χ0v) is 16.7. The van der Waals surface area contributed by atoms with Crippen molar-refractivity contribution in [3.8, 4) is 0 Å². The molecule has 162 valence electrons. The molecular weight excluding hydrogens is 424 g/mol. The molecule has 10 heteroatoms. The minimum absolute atomic E-state index is 0.179. The number of hydrogen-bond acceptors (Lipinski definition) is 3. The second-order valence-electron chi connectivity index (χ2n) is 7.07. The second kappa shape index (κ2) is 9.13. The van der Waals surface area contributed by atoms with E-state index < -0.39 is 57.5 Å². The first-order valence-corrected chi connectivity index (χ1v) is 10.8. The topological polar surface area (TPSA) is 66.5 Å². The normalized spacial score (nSPS) is 15.4. The number of hydrogen-bond donors (Lipinski definition) is 1. The summed E-state index contributed by atoms with van der Waals surface area (Å²) in [6, 6.07) is 5.26. The van der Waals surface area contributed by atoms with Gasteiger partial charge >= 0.3 is 0 Å². The number of carbonyl (C=O) groups excluding carboxylic acids is 1. The molecule has 0 unspecified atom stereocenters. The average Bonchev–Trinajstić information content (AvgIpc) is 2.73. The van der Waals surface area contributed by atoms with Crippen LogP contribution in [0.5, 0.6) is 0 Å². The fourth-order valence-electron chi connectivity index (χ4n) is 3.48. The third-order valence-electron chi connectivity index (χ3n) is 5.01. The molecular formula is C20H20F4N2O3S. The van der Waals surface area contributed by atoms with Gasteiger partial charge in [0.25, 0.3) is 0 Å². The molecule has 1 N–H and O–H groups in total. The van der Waals surface area contributed by atoms with Crippen LogP contribution in [-0.4, -0.2) is 31.2 Å². The molecule has 2 aromatic rings. The van der Waals surface area contributed by atoms with Crippen molar-refractivity contribution < 1.29 is 30.8 Å². The van der Waals surface area contributed by atoms with E-state index in [2.05, 4.69) is 5.32 Å². The van der Waals surface area contributed by atoms with Gasteiger partial charge in [-0.05, 0) is 49.2 Å². The monoisotopic (exact) mass is 444 g/mol.